The fraction of sp³-hybridized carbons (Fsp3) is 0.120. The Morgan fingerprint density at radius 2 is 1.68 bits per heavy atom. The van der Waals surface area contributed by atoms with E-state index in [2.05, 4.69) is 0 Å². The van der Waals surface area contributed by atoms with E-state index in [1.165, 1.54) is 13.2 Å². The zero-order valence-corrected chi connectivity index (χ0v) is 16.9. The first-order chi connectivity index (χ1) is 15.1. The maximum absolute atomic E-state index is 12.6. The third-order valence-electron chi connectivity index (χ3n) is 4.76. The summed E-state index contributed by atoms with van der Waals surface area (Å²) < 4.78 is 21.2. The molecule has 0 saturated carbocycles. The minimum Gasteiger partial charge on any atom is -0.488 e. The van der Waals surface area contributed by atoms with Crippen LogP contribution in [0.25, 0.3) is 6.08 Å². The van der Waals surface area contributed by atoms with Crippen molar-refractivity contribution in [2.24, 2.45) is 0 Å². The lowest BCUT2D eigenvalue weighted by Gasteiger charge is -2.09. The normalized spacial score (nSPS) is 12.0. The van der Waals surface area contributed by atoms with Crippen molar-refractivity contribution in [3.63, 3.8) is 0 Å². The summed E-state index contributed by atoms with van der Waals surface area (Å²) in [4.78, 5) is 24.1. The Morgan fingerprint density at radius 1 is 0.935 bits per heavy atom. The Hall–Kier alpha value is -4.06. The second-order valence-corrected chi connectivity index (χ2v) is 6.78. The summed E-state index contributed by atoms with van der Waals surface area (Å²) in [5.41, 5.74) is 2.69. The molecule has 1 aliphatic heterocycles. The van der Waals surface area contributed by atoms with E-state index in [0.717, 1.165) is 11.1 Å². The van der Waals surface area contributed by atoms with E-state index in [-0.39, 0.29) is 18.5 Å². The maximum atomic E-state index is 12.6. The summed E-state index contributed by atoms with van der Waals surface area (Å²) in [5, 5.41) is 0. The van der Waals surface area contributed by atoms with Gasteiger partial charge in [-0.2, -0.15) is 0 Å². The van der Waals surface area contributed by atoms with Gasteiger partial charge in [0, 0.05) is 11.1 Å². The predicted molar refractivity (Wildman–Crippen MR) is 114 cm³/mol. The number of fused-ring (bicyclic) bond motifs is 1. The van der Waals surface area contributed by atoms with Crippen LogP contribution in [0, 0.1) is 0 Å². The topological polar surface area (TPSA) is 71.1 Å². The van der Waals surface area contributed by atoms with Crippen LogP contribution in [0.1, 0.15) is 31.8 Å². The fourth-order valence-corrected chi connectivity index (χ4v) is 3.08. The minimum absolute atomic E-state index is 0.147. The highest BCUT2D eigenvalue weighted by atomic mass is 16.7. The van der Waals surface area contributed by atoms with Gasteiger partial charge >= 0.3 is 5.97 Å². The average Bonchev–Trinajstić information content (AvgIpc) is 3.29. The summed E-state index contributed by atoms with van der Waals surface area (Å²) in [5.74, 6) is 1.33. The van der Waals surface area contributed by atoms with Gasteiger partial charge in [0.2, 0.25) is 6.79 Å². The van der Waals surface area contributed by atoms with Gasteiger partial charge in [0.25, 0.3) is 0 Å². The van der Waals surface area contributed by atoms with Gasteiger partial charge in [-0.25, -0.2) is 4.79 Å². The number of hydrogen-bond donors (Lipinski definition) is 0. The van der Waals surface area contributed by atoms with Gasteiger partial charge in [0.15, 0.2) is 17.3 Å². The lowest BCUT2D eigenvalue weighted by Crippen LogP contribution is -2.02. The molecule has 0 radical (unpaired) electrons. The third-order valence-corrected chi connectivity index (χ3v) is 4.76. The highest BCUT2D eigenvalue weighted by molar-refractivity contribution is 6.07. The summed E-state index contributed by atoms with van der Waals surface area (Å²) in [6.07, 6.45) is 3.23. The van der Waals surface area contributed by atoms with Crippen molar-refractivity contribution in [2.45, 2.75) is 6.61 Å². The molecule has 3 aromatic rings. The molecule has 0 fully saturated rings. The number of para-hydroxylation sites is 1. The van der Waals surface area contributed by atoms with Crippen LogP contribution in [-0.4, -0.2) is 25.7 Å². The van der Waals surface area contributed by atoms with Crippen LogP contribution in [0.5, 0.6) is 17.2 Å². The Kier molecular flexibility index (Phi) is 5.98. The summed E-state index contributed by atoms with van der Waals surface area (Å²) in [6.45, 7) is 0.487. The number of carbonyl (C=O) groups is 2. The number of ketones is 1. The lowest BCUT2D eigenvalue weighted by atomic mass is 10.1. The summed E-state index contributed by atoms with van der Waals surface area (Å²) in [7, 11) is 1.35. The zero-order valence-electron chi connectivity index (χ0n) is 16.9. The molecule has 0 amide bonds. The molecule has 0 spiro atoms. The molecule has 31 heavy (non-hydrogen) atoms. The van der Waals surface area contributed by atoms with Crippen molar-refractivity contribution in [2.75, 3.05) is 13.9 Å². The first kappa shape index (κ1) is 20.2. The standard InChI is InChI=1S/C25H20O6/c1-28-25(27)19-8-6-17(7-9-19)15-29-22-5-3-2-4-18(22)10-12-21(26)20-11-13-23-24(14-20)31-16-30-23/h2-14H,15-16H2,1H3/b12-10+. The number of hydrogen-bond acceptors (Lipinski definition) is 6. The smallest absolute Gasteiger partial charge is 0.337 e. The maximum Gasteiger partial charge on any atom is 0.337 e. The number of carbonyl (C=O) groups excluding carboxylic acids is 2. The second kappa shape index (κ2) is 9.17. The molecule has 0 aliphatic carbocycles. The second-order valence-electron chi connectivity index (χ2n) is 6.78. The number of allylic oxidation sites excluding steroid dienone is 1. The number of esters is 1. The number of methoxy groups -OCH3 is 1. The first-order valence-corrected chi connectivity index (χ1v) is 9.65. The highest BCUT2D eigenvalue weighted by Crippen LogP contribution is 2.32. The van der Waals surface area contributed by atoms with Crippen molar-refractivity contribution >= 4 is 17.8 Å². The monoisotopic (exact) mass is 416 g/mol. The first-order valence-electron chi connectivity index (χ1n) is 9.65. The van der Waals surface area contributed by atoms with Gasteiger partial charge < -0.3 is 18.9 Å². The molecular weight excluding hydrogens is 396 g/mol. The lowest BCUT2D eigenvalue weighted by molar-refractivity contribution is 0.0600. The molecule has 1 heterocycles. The van der Waals surface area contributed by atoms with Crippen molar-refractivity contribution < 1.29 is 28.5 Å². The predicted octanol–water partition coefficient (Wildman–Crippen LogP) is 4.68. The Balaban J connectivity index is 1.43. The summed E-state index contributed by atoms with van der Waals surface area (Å²) >= 11 is 0. The van der Waals surface area contributed by atoms with E-state index in [1.54, 1.807) is 36.4 Å². The van der Waals surface area contributed by atoms with Crippen molar-refractivity contribution in [3.8, 4) is 17.2 Å². The van der Waals surface area contributed by atoms with E-state index in [4.69, 9.17) is 18.9 Å². The molecule has 0 saturated heterocycles. The quantitative estimate of drug-likeness (QED) is 0.317. The van der Waals surface area contributed by atoms with Gasteiger partial charge in [-0.3, -0.25) is 4.79 Å². The van der Waals surface area contributed by atoms with E-state index in [1.807, 2.05) is 36.4 Å². The van der Waals surface area contributed by atoms with Gasteiger partial charge in [-0.05, 0) is 54.1 Å². The molecule has 4 rings (SSSR count). The Morgan fingerprint density at radius 3 is 2.48 bits per heavy atom. The highest BCUT2D eigenvalue weighted by Gasteiger charge is 2.15. The molecule has 1 aliphatic rings. The Bertz CT molecular complexity index is 1130. The number of ether oxygens (including phenoxy) is 4. The fourth-order valence-electron chi connectivity index (χ4n) is 3.08. The third kappa shape index (κ3) is 4.75. The van der Waals surface area contributed by atoms with Gasteiger partial charge in [-0.1, -0.05) is 30.3 Å². The molecule has 3 aromatic carbocycles. The zero-order chi connectivity index (χ0) is 21.6. The molecule has 0 N–H and O–H groups in total. The number of benzene rings is 3. The van der Waals surface area contributed by atoms with Crippen LogP contribution >= 0.6 is 0 Å². The molecule has 0 atom stereocenters. The molecular formula is C25H20O6. The van der Waals surface area contributed by atoms with Gasteiger partial charge in [-0.15, -0.1) is 0 Å². The average molecular weight is 416 g/mol. The molecule has 156 valence electrons. The van der Waals surface area contributed by atoms with Crippen molar-refractivity contribution in [1.29, 1.82) is 0 Å². The molecule has 6 heteroatoms. The van der Waals surface area contributed by atoms with E-state index < -0.39 is 0 Å². The van der Waals surface area contributed by atoms with Crippen LogP contribution in [0.2, 0.25) is 0 Å². The minimum atomic E-state index is -0.380. The Labute approximate surface area is 179 Å². The van der Waals surface area contributed by atoms with Crippen LogP contribution in [-0.2, 0) is 11.3 Å². The van der Waals surface area contributed by atoms with Crippen LogP contribution < -0.4 is 14.2 Å². The largest absolute Gasteiger partial charge is 0.488 e. The molecule has 0 bridgehead atoms. The van der Waals surface area contributed by atoms with Crippen LogP contribution in [0.4, 0.5) is 0 Å². The van der Waals surface area contributed by atoms with E-state index in [0.29, 0.717) is 35.0 Å². The van der Waals surface area contributed by atoms with Crippen molar-refractivity contribution in [1.82, 2.24) is 0 Å². The van der Waals surface area contributed by atoms with Crippen LogP contribution in [0.15, 0.2) is 72.8 Å². The summed E-state index contributed by atoms with van der Waals surface area (Å²) in [6, 6.07) is 19.6. The van der Waals surface area contributed by atoms with E-state index >= 15 is 0 Å². The van der Waals surface area contributed by atoms with Gasteiger partial charge in [0.05, 0.1) is 12.7 Å². The molecule has 0 unspecified atom stereocenters. The SMILES string of the molecule is COC(=O)c1ccc(COc2ccccc2/C=C/C(=O)c2ccc3c(c2)OCO3)cc1. The molecule has 6 nitrogen and oxygen atoms in total. The molecule has 0 aromatic heterocycles. The van der Waals surface area contributed by atoms with Crippen molar-refractivity contribution in [3.05, 3.63) is 95.1 Å². The number of rotatable bonds is 7. The van der Waals surface area contributed by atoms with Gasteiger partial charge in [0.1, 0.15) is 12.4 Å². The van der Waals surface area contributed by atoms with Crippen LogP contribution in [0.3, 0.4) is 0 Å². The van der Waals surface area contributed by atoms with E-state index in [9.17, 15) is 9.59 Å².